The highest BCUT2D eigenvalue weighted by molar-refractivity contribution is 5.89. The first-order valence-electron chi connectivity index (χ1n) is 8.82. The van der Waals surface area contributed by atoms with E-state index in [-0.39, 0.29) is 24.2 Å². The number of hydrogen-bond acceptors (Lipinski definition) is 5. The van der Waals surface area contributed by atoms with E-state index in [1.54, 1.807) is 29.2 Å². The van der Waals surface area contributed by atoms with Gasteiger partial charge in [0.1, 0.15) is 5.69 Å². The van der Waals surface area contributed by atoms with Gasteiger partial charge in [0.15, 0.2) is 5.76 Å². The monoisotopic (exact) mass is 356 g/mol. The molecule has 0 bridgehead atoms. The fourth-order valence-corrected chi connectivity index (χ4v) is 3.22. The van der Waals surface area contributed by atoms with E-state index >= 15 is 0 Å². The second kappa shape index (κ2) is 7.68. The Morgan fingerprint density at radius 1 is 1.38 bits per heavy atom. The summed E-state index contributed by atoms with van der Waals surface area (Å²) in [6.45, 7) is 5.66. The second-order valence-electron chi connectivity index (χ2n) is 7.20. The number of pyridine rings is 1. The lowest BCUT2D eigenvalue weighted by atomic mass is 10.1. The molecular formula is C19H24N4O3. The zero-order valence-electron chi connectivity index (χ0n) is 15.4. The van der Waals surface area contributed by atoms with Crippen molar-refractivity contribution < 1.29 is 14.1 Å². The topological polar surface area (TPSA) is 79.5 Å². The summed E-state index contributed by atoms with van der Waals surface area (Å²) >= 11 is 0. The van der Waals surface area contributed by atoms with Gasteiger partial charge in [0.2, 0.25) is 11.8 Å². The van der Waals surface area contributed by atoms with E-state index in [0.29, 0.717) is 37.0 Å². The van der Waals surface area contributed by atoms with Crippen LogP contribution >= 0.6 is 0 Å². The molecule has 3 rings (SSSR count). The Labute approximate surface area is 153 Å². The fourth-order valence-electron chi connectivity index (χ4n) is 3.22. The summed E-state index contributed by atoms with van der Waals surface area (Å²) < 4.78 is 5.36. The van der Waals surface area contributed by atoms with Crippen LogP contribution in [0.4, 0.5) is 0 Å². The van der Waals surface area contributed by atoms with Crippen LogP contribution < -0.4 is 0 Å². The average Bonchev–Trinajstić information content (AvgIpc) is 3.22. The van der Waals surface area contributed by atoms with E-state index in [4.69, 9.17) is 4.52 Å². The predicted molar refractivity (Wildman–Crippen MR) is 95.7 cm³/mol. The van der Waals surface area contributed by atoms with Crippen molar-refractivity contribution in [2.75, 3.05) is 20.1 Å². The molecule has 2 amide bonds. The van der Waals surface area contributed by atoms with Crippen molar-refractivity contribution in [1.82, 2.24) is 19.9 Å². The number of nitrogens with zero attached hydrogens (tertiary/aromatic N) is 4. The van der Waals surface area contributed by atoms with Gasteiger partial charge >= 0.3 is 0 Å². The predicted octanol–water partition coefficient (Wildman–Crippen LogP) is 2.20. The lowest BCUT2D eigenvalue weighted by molar-refractivity contribution is -0.135. The smallest absolute Gasteiger partial charge is 0.228 e. The molecule has 138 valence electrons. The van der Waals surface area contributed by atoms with Crippen molar-refractivity contribution in [2.24, 2.45) is 11.8 Å². The molecule has 1 fully saturated rings. The molecule has 1 saturated heterocycles. The lowest BCUT2D eigenvalue weighted by Gasteiger charge is -2.21. The van der Waals surface area contributed by atoms with E-state index in [1.807, 2.05) is 18.2 Å². The lowest BCUT2D eigenvalue weighted by Crippen LogP contribution is -2.35. The molecule has 0 spiro atoms. The molecule has 1 aliphatic heterocycles. The normalized spacial score (nSPS) is 17.2. The summed E-state index contributed by atoms with van der Waals surface area (Å²) in [7, 11) is 1.73. The van der Waals surface area contributed by atoms with Gasteiger partial charge in [-0.3, -0.25) is 14.6 Å². The maximum absolute atomic E-state index is 12.7. The first-order valence-corrected chi connectivity index (χ1v) is 8.82. The Bertz CT molecular complexity index is 772. The van der Waals surface area contributed by atoms with Gasteiger partial charge in [0.25, 0.3) is 0 Å². The molecule has 26 heavy (non-hydrogen) atoms. The van der Waals surface area contributed by atoms with Crippen LogP contribution in [0.2, 0.25) is 0 Å². The number of hydrogen-bond donors (Lipinski definition) is 0. The third-order valence-electron chi connectivity index (χ3n) is 4.45. The summed E-state index contributed by atoms with van der Waals surface area (Å²) in [5.41, 5.74) is 1.62. The standard InChI is InChI=1S/C19H24N4O3/c1-13(2)10-23-11-15(8-18(23)24)19(25)22(3)12-16-9-17(21-26-16)14-4-6-20-7-5-14/h4-7,9,13,15H,8,10-12H2,1-3H3/t15-/m1/s1. The molecule has 2 aromatic rings. The van der Waals surface area contributed by atoms with Crippen molar-refractivity contribution in [3.63, 3.8) is 0 Å². The Hall–Kier alpha value is -2.70. The summed E-state index contributed by atoms with van der Waals surface area (Å²) in [6.07, 6.45) is 3.67. The van der Waals surface area contributed by atoms with Gasteiger partial charge in [-0.2, -0.15) is 0 Å². The van der Waals surface area contributed by atoms with Gasteiger partial charge in [-0.05, 0) is 18.1 Å². The minimum atomic E-state index is -0.283. The molecule has 0 saturated carbocycles. The third kappa shape index (κ3) is 4.09. The number of aromatic nitrogens is 2. The van der Waals surface area contributed by atoms with Gasteiger partial charge < -0.3 is 14.3 Å². The molecular weight excluding hydrogens is 332 g/mol. The van der Waals surface area contributed by atoms with Crippen LogP contribution in [0.15, 0.2) is 35.1 Å². The third-order valence-corrected chi connectivity index (χ3v) is 4.45. The Kier molecular flexibility index (Phi) is 5.35. The van der Waals surface area contributed by atoms with Crippen molar-refractivity contribution >= 4 is 11.8 Å². The van der Waals surface area contributed by atoms with E-state index in [0.717, 1.165) is 5.56 Å². The first-order chi connectivity index (χ1) is 12.4. The molecule has 1 aliphatic rings. The molecule has 0 aromatic carbocycles. The van der Waals surface area contributed by atoms with Crippen LogP contribution in [-0.2, 0) is 16.1 Å². The first kappa shape index (κ1) is 18.1. The van der Waals surface area contributed by atoms with Crippen LogP contribution in [0.5, 0.6) is 0 Å². The molecule has 1 atom stereocenters. The molecule has 0 radical (unpaired) electrons. The van der Waals surface area contributed by atoms with Crippen LogP contribution in [0, 0.1) is 11.8 Å². The SMILES string of the molecule is CC(C)CN1C[C@H](C(=O)N(C)Cc2cc(-c3ccncc3)no2)CC1=O. The molecule has 0 aliphatic carbocycles. The average molecular weight is 356 g/mol. The van der Waals surface area contributed by atoms with Gasteiger partial charge in [-0.1, -0.05) is 19.0 Å². The highest BCUT2D eigenvalue weighted by Gasteiger charge is 2.35. The van der Waals surface area contributed by atoms with Gasteiger partial charge in [0, 0.05) is 50.6 Å². The summed E-state index contributed by atoms with van der Waals surface area (Å²) in [6, 6.07) is 5.53. The highest BCUT2D eigenvalue weighted by atomic mass is 16.5. The van der Waals surface area contributed by atoms with E-state index in [9.17, 15) is 9.59 Å². The molecule has 3 heterocycles. The minimum Gasteiger partial charge on any atom is -0.359 e. The molecule has 0 N–H and O–H groups in total. The number of likely N-dealkylation sites (tertiary alicyclic amines) is 1. The fraction of sp³-hybridized carbons (Fsp3) is 0.474. The minimum absolute atomic E-state index is 0.0357. The Morgan fingerprint density at radius 3 is 2.81 bits per heavy atom. The molecule has 7 heteroatoms. The van der Waals surface area contributed by atoms with Crippen molar-refractivity contribution in [3.05, 3.63) is 36.4 Å². The maximum atomic E-state index is 12.7. The van der Waals surface area contributed by atoms with E-state index in [2.05, 4.69) is 24.0 Å². The van der Waals surface area contributed by atoms with Crippen molar-refractivity contribution in [3.8, 4) is 11.3 Å². The molecule has 7 nitrogen and oxygen atoms in total. The van der Waals surface area contributed by atoms with E-state index < -0.39 is 0 Å². The zero-order chi connectivity index (χ0) is 18.7. The Balaban J connectivity index is 1.60. The highest BCUT2D eigenvalue weighted by Crippen LogP contribution is 2.23. The van der Waals surface area contributed by atoms with Crippen LogP contribution in [0.3, 0.4) is 0 Å². The quantitative estimate of drug-likeness (QED) is 0.793. The van der Waals surface area contributed by atoms with Gasteiger partial charge in [-0.25, -0.2) is 0 Å². The number of carbonyl (C=O) groups excluding carboxylic acids is 2. The number of amides is 2. The van der Waals surface area contributed by atoms with Crippen molar-refractivity contribution in [1.29, 1.82) is 0 Å². The number of rotatable bonds is 6. The summed E-state index contributed by atoms with van der Waals surface area (Å²) in [4.78, 5) is 32.1. The summed E-state index contributed by atoms with van der Waals surface area (Å²) in [5.74, 6) is 0.743. The molecule has 0 unspecified atom stereocenters. The second-order valence-corrected chi connectivity index (χ2v) is 7.20. The zero-order valence-corrected chi connectivity index (χ0v) is 15.4. The van der Waals surface area contributed by atoms with Crippen LogP contribution in [-0.4, -0.2) is 51.9 Å². The maximum Gasteiger partial charge on any atom is 0.228 e. The van der Waals surface area contributed by atoms with Crippen LogP contribution in [0.25, 0.3) is 11.3 Å². The number of carbonyl (C=O) groups is 2. The largest absolute Gasteiger partial charge is 0.359 e. The van der Waals surface area contributed by atoms with E-state index in [1.165, 1.54) is 0 Å². The van der Waals surface area contributed by atoms with Gasteiger partial charge in [0.05, 0.1) is 12.5 Å². The van der Waals surface area contributed by atoms with Gasteiger partial charge in [-0.15, -0.1) is 0 Å². The molecule has 2 aromatic heterocycles. The van der Waals surface area contributed by atoms with Crippen molar-refractivity contribution in [2.45, 2.75) is 26.8 Å². The summed E-state index contributed by atoms with van der Waals surface area (Å²) in [5, 5.41) is 4.05. The Morgan fingerprint density at radius 2 is 2.12 bits per heavy atom. The van der Waals surface area contributed by atoms with Crippen LogP contribution in [0.1, 0.15) is 26.0 Å².